The molecular formula is C15H22N2O4. The summed E-state index contributed by atoms with van der Waals surface area (Å²) in [7, 11) is 1.35. The lowest BCUT2D eigenvalue weighted by atomic mass is 9.98. The number of hydrogen-bond acceptors (Lipinski definition) is 4. The average Bonchev–Trinajstić information content (AvgIpc) is 3.28. The highest BCUT2D eigenvalue weighted by atomic mass is 16.5. The molecule has 2 aliphatic heterocycles. The predicted octanol–water partition coefficient (Wildman–Crippen LogP) is 0.551. The molecule has 0 radical (unpaired) electrons. The Morgan fingerprint density at radius 3 is 2.62 bits per heavy atom. The molecular weight excluding hydrogens is 272 g/mol. The van der Waals surface area contributed by atoms with Crippen molar-refractivity contribution in [1.82, 2.24) is 9.80 Å². The van der Waals surface area contributed by atoms with E-state index in [-0.39, 0.29) is 23.7 Å². The maximum Gasteiger partial charge on any atom is 0.328 e. The van der Waals surface area contributed by atoms with Crippen LogP contribution in [0.15, 0.2) is 0 Å². The van der Waals surface area contributed by atoms with Gasteiger partial charge in [-0.15, -0.1) is 0 Å². The number of hydrogen-bond donors (Lipinski definition) is 0. The van der Waals surface area contributed by atoms with E-state index in [9.17, 15) is 14.4 Å². The normalized spacial score (nSPS) is 29.7. The zero-order valence-electron chi connectivity index (χ0n) is 12.4. The zero-order valence-corrected chi connectivity index (χ0v) is 12.4. The second-order valence-electron chi connectivity index (χ2n) is 6.24. The largest absolute Gasteiger partial charge is 0.467 e. The van der Waals surface area contributed by atoms with Gasteiger partial charge in [-0.2, -0.15) is 0 Å². The highest BCUT2D eigenvalue weighted by Gasteiger charge is 2.44. The van der Waals surface area contributed by atoms with E-state index in [0.29, 0.717) is 32.0 Å². The quantitative estimate of drug-likeness (QED) is 0.713. The fraction of sp³-hybridized carbons (Fsp3) is 0.800. The standard InChI is InChI=1S/C15H22N2O4/c1-21-15(20)12-4-2-3-7-16(12)14(19)10-8-13(18)17(9-10)11-5-6-11/h10-12H,2-9H2,1H3. The van der Waals surface area contributed by atoms with Crippen molar-refractivity contribution in [2.24, 2.45) is 5.92 Å². The summed E-state index contributed by atoms with van der Waals surface area (Å²) in [6.45, 7) is 1.11. The van der Waals surface area contributed by atoms with Gasteiger partial charge in [0.2, 0.25) is 11.8 Å². The van der Waals surface area contributed by atoms with Gasteiger partial charge in [0, 0.05) is 25.6 Å². The summed E-state index contributed by atoms with van der Waals surface area (Å²) in [5.41, 5.74) is 0. The van der Waals surface area contributed by atoms with Crippen molar-refractivity contribution in [2.45, 2.75) is 50.6 Å². The third kappa shape index (κ3) is 2.76. The summed E-state index contributed by atoms with van der Waals surface area (Å²) in [6, 6.07) is -0.116. The minimum atomic E-state index is -0.471. The van der Waals surface area contributed by atoms with Crippen LogP contribution >= 0.6 is 0 Å². The van der Waals surface area contributed by atoms with E-state index in [4.69, 9.17) is 4.74 Å². The van der Waals surface area contributed by atoms with Crippen molar-refractivity contribution in [3.63, 3.8) is 0 Å². The second-order valence-corrected chi connectivity index (χ2v) is 6.24. The second kappa shape index (κ2) is 5.66. The number of rotatable bonds is 3. The number of methoxy groups -OCH3 is 1. The van der Waals surface area contributed by atoms with Crippen LogP contribution in [-0.4, -0.2) is 59.9 Å². The van der Waals surface area contributed by atoms with Gasteiger partial charge in [-0.25, -0.2) is 4.79 Å². The SMILES string of the molecule is COC(=O)C1CCCCN1C(=O)C1CC(=O)N(C2CC2)C1. The van der Waals surface area contributed by atoms with Crippen LogP contribution < -0.4 is 0 Å². The van der Waals surface area contributed by atoms with Crippen molar-refractivity contribution in [3.05, 3.63) is 0 Å². The number of likely N-dealkylation sites (tertiary alicyclic amines) is 2. The molecule has 3 fully saturated rings. The van der Waals surface area contributed by atoms with Gasteiger partial charge in [0.15, 0.2) is 0 Å². The molecule has 1 saturated carbocycles. The van der Waals surface area contributed by atoms with Gasteiger partial charge < -0.3 is 14.5 Å². The first-order valence-corrected chi connectivity index (χ1v) is 7.79. The molecule has 0 aromatic rings. The van der Waals surface area contributed by atoms with Gasteiger partial charge >= 0.3 is 5.97 Å². The van der Waals surface area contributed by atoms with Crippen LogP contribution in [0.25, 0.3) is 0 Å². The topological polar surface area (TPSA) is 66.9 Å². The lowest BCUT2D eigenvalue weighted by Gasteiger charge is -2.35. The van der Waals surface area contributed by atoms with E-state index >= 15 is 0 Å². The lowest BCUT2D eigenvalue weighted by molar-refractivity contribution is -0.156. The summed E-state index contributed by atoms with van der Waals surface area (Å²) in [4.78, 5) is 40.0. The Morgan fingerprint density at radius 2 is 1.95 bits per heavy atom. The molecule has 1 aliphatic carbocycles. The molecule has 3 aliphatic rings. The molecule has 0 aromatic carbocycles. The smallest absolute Gasteiger partial charge is 0.328 e. The number of carbonyl (C=O) groups excluding carboxylic acids is 3. The van der Waals surface area contributed by atoms with E-state index in [1.807, 2.05) is 4.90 Å². The van der Waals surface area contributed by atoms with E-state index in [1.165, 1.54) is 7.11 Å². The molecule has 6 nitrogen and oxygen atoms in total. The summed E-state index contributed by atoms with van der Waals surface area (Å²) < 4.78 is 4.81. The van der Waals surface area contributed by atoms with Gasteiger partial charge in [0.1, 0.15) is 6.04 Å². The molecule has 0 N–H and O–H groups in total. The van der Waals surface area contributed by atoms with E-state index in [2.05, 4.69) is 0 Å². The van der Waals surface area contributed by atoms with E-state index < -0.39 is 6.04 Å². The van der Waals surface area contributed by atoms with Gasteiger partial charge in [0.05, 0.1) is 13.0 Å². The molecule has 116 valence electrons. The molecule has 0 aromatic heterocycles. The Morgan fingerprint density at radius 1 is 1.19 bits per heavy atom. The lowest BCUT2D eigenvalue weighted by Crippen LogP contribution is -2.50. The molecule has 2 unspecified atom stereocenters. The number of esters is 1. The Bertz CT molecular complexity index is 461. The monoisotopic (exact) mass is 294 g/mol. The highest BCUT2D eigenvalue weighted by Crippen LogP contribution is 2.34. The highest BCUT2D eigenvalue weighted by molar-refractivity contribution is 5.92. The predicted molar refractivity (Wildman–Crippen MR) is 74.2 cm³/mol. The van der Waals surface area contributed by atoms with Crippen LogP contribution in [0.4, 0.5) is 0 Å². The number of piperidine rings is 1. The molecule has 3 rings (SSSR count). The third-order valence-electron chi connectivity index (χ3n) is 4.75. The zero-order chi connectivity index (χ0) is 15.0. The van der Waals surface area contributed by atoms with Crippen molar-refractivity contribution in [2.75, 3.05) is 20.2 Å². The summed E-state index contributed by atoms with van der Waals surface area (Å²) >= 11 is 0. The summed E-state index contributed by atoms with van der Waals surface area (Å²) in [5.74, 6) is -0.598. The number of ether oxygens (including phenoxy) is 1. The summed E-state index contributed by atoms with van der Waals surface area (Å²) in [5, 5.41) is 0. The Labute approximate surface area is 124 Å². The minimum absolute atomic E-state index is 0.0541. The van der Waals surface area contributed by atoms with Crippen molar-refractivity contribution >= 4 is 17.8 Å². The van der Waals surface area contributed by atoms with Crippen LogP contribution in [0, 0.1) is 5.92 Å². The van der Waals surface area contributed by atoms with Gasteiger partial charge in [-0.1, -0.05) is 0 Å². The molecule has 2 saturated heterocycles. The van der Waals surface area contributed by atoms with Crippen LogP contribution in [0.3, 0.4) is 0 Å². The third-order valence-corrected chi connectivity index (χ3v) is 4.75. The molecule has 2 heterocycles. The Kier molecular flexibility index (Phi) is 3.87. The van der Waals surface area contributed by atoms with Crippen molar-refractivity contribution < 1.29 is 19.1 Å². The van der Waals surface area contributed by atoms with Crippen LogP contribution in [0.5, 0.6) is 0 Å². The summed E-state index contributed by atoms with van der Waals surface area (Å²) in [6.07, 6.45) is 4.90. The van der Waals surface area contributed by atoms with Crippen LogP contribution in [0.1, 0.15) is 38.5 Å². The van der Waals surface area contributed by atoms with E-state index in [1.54, 1.807) is 4.90 Å². The maximum absolute atomic E-state index is 12.7. The molecule has 2 atom stereocenters. The Hall–Kier alpha value is -1.59. The fourth-order valence-electron chi connectivity index (χ4n) is 3.45. The van der Waals surface area contributed by atoms with Crippen molar-refractivity contribution in [1.29, 1.82) is 0 Å². The first kappa shape index (κ1) is 14.4. The number of carbonyl (C=O) groups is 3. The van der Waals surface area contributed by atoms with Gasteiger partial charge in [-0.3, -0.25) is 9.59 Å². The van der Waals surface area contributed by atoms with Gasteiger partial charge in [-0.05, 0) is 32.1 Å². The molecule has 21 heavy (non-hydrogen) atoms. The first-order chi connectivity index (χ1) is 10.1. The molecule has 0 bridgehead atoms. The first-order valence-electron chi connectivity index (χ1n) is 7.79. The molecule has 2 amide bonds. The molecule has 0 spiro atoms. The Balaban J connectivity index is 1.68. The fourth-order valence-corrected chi connectivity index (χ4v) is 3.45. The number of amides is 2. The number of nitrogens with zero attached hydrogens (tertiary/aromatic N) is 2. The van der Waals surface area contributed by atoms with Crippen molar-refractivity contribution in [3.8, 4) is 0 Å². The minimum Gasteiger partial charge on any atom is -0.467 e. The average molecular weight is 294 g/mol. The van der Waals surface area contributed by atoms with E-state index in [0.717, 1.165) is 25.7 Å². The maximum atomic E-state index is 12.7. The van der Waals surface area contributed by atoms with Crippen LogP contribution in [-0.2, 0) is 19.1 Å². The van der Waals surface area contributed by atoms with Crippen LogP contribution in [0.2, 0.25) is 0 Å². The van der Waals surface area contributed by atoms with Gasteiger partial charge in [0.25, 0.3) is 0 Å². The molecule has 6 heteroatoms.